The Labute approximate surface area is 50.2 Å². The molecule has 1 rings (SSSR count). The molecule has 0 aromatic rings. The Bertz CT molecular complexity index is 76.6. The number of rotatable bonds is 1. The highest BCUT2D eigenvalue weighted by molar-refractivity contribution is 4.74. The Hall–Kier alpha value is -0.0800. The van der Waals surface area contributed by atoms with Crippen LogP contribution in [0.5, 0.6) is 0 Å². The summed E-state index contributed by atoms with van der Waals surface area (Å²) in [5.74, 6) is 0. The van der Waals surface area contributed by atoms with Crippen molar-refractivity contribution in [2.75, 3.05) is 13.7 Å². The Balaban J connectivity index is 2.40. The monoisotopic (exact) mass is 115 g/mol. The summed E-state index contributed by atoms with van der Waals surface area (Å²) in [5.41, 5.74) is -0.0139. The highest BCUT2D eigenvalue weighted by Gasteiger charge is 2.26. The van der Waals surface area contributed by atoms with Crippen molar-refractivity contribution in [1.82, 2.24) is 5.32 Å². The van der Waals surface area contributed by atoms with Crippen molar-refractivity contribution in [3.05, 3.63) is 0 Å². The molecular weight excluding hydrogens is 102 g/mol. The van der Waals surface area contributed by atoms with Gasteiger partial charge in [0.05, 0.1) is 0 Å². The van der Waals surface area contributed by atoms with Crippen LogP contribution in [-0.2, 0) is 4.74 Å². The van der Waals surface area contributed by atoms with Gasteiger partial charge < -0.3 is 4.74 Å². The third-order valence-corrected chi connectivity index (χ3v) is 1.75. The summed E-state index contributed by atoms with van der Waals surface area (Å²) in [6, 6.07) is 0. The van der Waals surface area contributed by atoms with Crippen LogP contribution in [0, 0.1) is 0 Å². The second-order valence-electron chi connectivity index (χ2n) is 2.43. The van der Waals surface area contributed by atoms with Crippen LogP contribution in [0.1, 0.15) is 19.8 Å². The van der Waals surface area contributed by atoms with Crippen molar-refractivity contribution in [2.45, 2.75) is 25.5 Å². The van der Waals surface area contributed by atoms with Crippen molar-refractivity contribution < 1.29 is 4.74 Å². The van der Waals surface area contributed by atoms with Gasteiger partial charge in [-0.05, 0) is 26.8 Å². The van der Waals surface area contributed by atoms with Crippen LogP contribution >= 0.6 is 0 Å². The molecule has 48 valence electrons. The van der Waals surface area contributed by atoms with Crippen molar-refractivity contribution in [2.24, 2.45) is 0 Å². The normalized spacial score (nSPS) is 38.2. The summed E-state index contributed by atoms with van der Waals surface area (Å²) in [7, 11) is 1.94. The fourth-order valence-corrected chi connectivity index (χ4v) is 0.976. The van der Waals surface area contributed by atoms with E-state index >= 15 is 0 Å². The summed E-state index contributed by atoms with van der Waals surface area (Å²) in [4.78, 5) is 0. The van der Waals surface area contributed by atoms with E-state index in [4.69, 9.17) is 4.74 Å². The van der Waals surface area contributed by atoms with Crippen LogP contribution in [0.15, 0.2) is 0 Å². The lowest BCUT2D eigenvalue weighted by Crippen LogP contribution is -2.38. The van der Waals surface area contributed by atoms with Gasteiger partial charge in [0.15, 0.2) is 0 Å². The first kappa shape index (κ1) is 6.05. The molecule has 0 spiro atoms. The first-order valence-corrected chi connectivity index (χ1v) is 3.10. The lowest BCUT2D eigenvalue weighted by molar-refractivity contribution is -0.00218. The molecule has 2 nitrogen and oxygen atoms in total. The fraction of sp³-hybridized carbons (Fsp3) is 1.00. The Kier molecular flexibility index (Phi) is 1.54. The standard InChI is InChI=1S/C6H13NO/c1-6(7-2)4-3-5-8-6/h7H,3-5H2,1-2H3. The van der Waals surface area contributed by atoms with Gasteiger partial charge in [-0.1, -0.05) is 0 Å². The van der Waals surface area contributed by atoms with Crippen LogP contribution in [-0.4, -0.2) is 19.4 Å². The van der Waals surface area contributed by atoms with Gasteiger partial charge in [-0.3, -0.25) is 5.32 Å². The Morgan fingerprint density at radius 2 is 2.38 bits per heavy atom. The minimum absolute atomic E-state index is 0.0139. The molecule has 0 saturated carbocycles. The summed E-state index contributed by atoms with van der Waals surface area (Å²) >= 11 is 0. The highest BCUT2D eigenvalue weighted by Crippen LogP contribution is 2.20. The molecule has 1 aliphatic rings. The maximum absolute atomic E-state index is 5.38. The maximum Gasteiger partial charge on any atom is 0.116 e. The number of hydrogen-bond acceptors (Lipinski definition) is 2. The quantitative estimate of drug-likeness (QED) is 0.544. The lowest BCUT2D eigenvalue weighted by Gasteiger charge is -2.21. The van der Waals surface area contributed by atoms with E-state index in [1.165, 1.54) is 6.42 Å². The molecule has 1 saturated heterocycles. The third kappa shape index (κ3) is 1.01. The first-order chi connectivity index (χ1) is 3.77. The summed E-state index contributed by atoms with van der Waals surface area (Å²) in [5, 5.41) is 3.12. The second kappa shape index (κ2) is 2.03. The van der Waals surface area contributed by atoms with E-state index in [1.807, 2.05) is 7.05 Å². The van der Waals surface area contributed by atoms with Crippen molar-refractivity contribution >= 4 is 0 Å². The molecule has 0 aromatic carbocycles. The number of nitrogens with one attached hydrogen (secondary N) is 1. The molecule has 1 unspecified atom stereocenters. The highest BCUT2D eigenvalue weighted by atomic mass is 16.5. The number of hydrogen-bond donors (Lipinski definition) is 1. The van der Waals surface area contributed by atoms with Gasteiger partial charge in [-0.2, -0.15) is 0 Å². The van der Waals surface area contributed by atoms with Crippen LogP contribution < -0.4 is 5.32 Å². The van der Waals surface area contributed by atoms with E-state index in [0.717, 1.165) is 13.0 Å². The van der Waals surface area contributed by atoms with Gasteiger partial charge in [0.2, 0.25) is 0 Å². The Morgan fingerprint density at radius 1 is 1.62 bits per heavy atom. The lowest BCUT2D eigenvalue weighted by atomic mass is 10.2. The predicted octanol–water partition coefficient (Wildman–Crippen LogP) is 0.732. The molecule has 0 aromatic heterocycles. The molecular formula is C6H13NO. The molecule has 2 heteroatoms. The van der Waals surface area contributed by atoms with Gasteiger partial charge in [0.25, 0.3) is 0 Å². The molecule has 1 heterocycles. The number of ether oxygens (including phenoxy) is 1. The zero-order valence-electron chi connectivity index (χ0n) is 5.53. The van der Waals surface area contributed by atoms with Crippen LogP contribution in [0.3, 0.4) is 0 Å². The van der Waals surface area contributed by atoms with E-state index in [0.29, 0.717) is 0 Å². The zero-order chi connectivity index (χ0) is 6.04. The second-order valence-corrected chi connectivity index (χ2v) is 2.43. The van der Waals surface area contributed by atoms with Gasteiger partial charge in [0, 0.05) is 6.61 Å². The van der Waals surface area contributed by atoms with Crippen molar-refractivity contribution in [3.63, 3.8) is 0 Å². The fourth-order valence-electron chi connectivity index (χ4n) is 0.976. The SMILES string of the molecule is CNC1(C)CCCO1. The molecule has 0 bridgehead atoms. The van der Waals surface area contributed by atoms with E-state index in [2.05, 4.69) is 12.2 Å². The van der Waals surface area contributed by atoms with Gasteiger partial charge in [0.1, 0.15) is 5.72 Å². The van der Waals surface area contributed by atoms with Crippen LogP contribution in [0.25, 0.3) is 0 Å². The maximum atomic E-state index is 5.38. The molecule has 0 amide bonds. The largest absolute Gasteiger partial charge is 0.361 e. The summed E-state index contributed by atoms with van der Waals surface area (Å²) in [6.07, 6.45) is 2.33. The molecule has 1 fully saturated rings. The van der Waals surface area contributed by atoms with Gasteiger partial charge in [-0.25, -0.2) is 0 Å². The van der Waals surface area contributed by atoms with Gasteiger partial charge >= 0.3 is 0 Å². The molecule has 0 radical (unpaired) electrons. The van der Waals surface area contributed by atoms with E-state index in [1.54, 1.807) is 0 Å². The van der Waals surface area contributed by atoms with Crippen molar-refractivity contribution in [3.8, 4) is 0 Å². The summed E-state index contributed by atoms with van der Waals surface area (Å²) < 4.78 is 5.38. The average Bonchev–Trinajstić information content (AvgIpc) is 2.17. The smallest absolute Gasteiger partial charge is 0.116 e. The third-order valence-electron chi connectivity index (χ3n) is 1.75. The van der Waals surface area contributed by atoms with E-state index in [9.17, 15) is 0 Å². The van der Waals surface area contributed by atoms with Crippen LogP contribution in [0.2, 0.25) is 0 Å². The topological polar surface area (TPSA) is 21.3 Å². The van der Waals surface area contributed by atoms with Gasteiger partial charge in [-0.15, -0.1) is 0 Å². The molecule has 0 aliphatic carbocycles. The van der Waals surface area contributed by atoms with Crippen molar-refractivity contribution in [1.29, 1.82) is 0 Å². The molecule has 1 N–H and O–H groups in total. The summed E-state index contributed by atoms with van der Waals surface area (Å²) in [6.45, 7) is 3.00. The van der Waals surface area contributed by atoms with Crippen LogP contribution in [0.4, 0.5) is 0 Å². The predicted molar refractivity (Wildman–Crippen MR) is 32.7 cm³/mol. The van der Waals surface area contributed by atoms with E-state index < -0.39 is 0 Å². The average molecular weight is 115 g/mol. The molecule has 1 atom stereocenters. The van der Waals surface area contributed by atoms with E-state index in [-0.39, 0.29) is 5.72 Å². The molecule has 1 aliphatic heterocycles. The zero-order valence-corrected chi connectivity index (χ0v) is 5.53. The first-order valence-electron chi connectivity index (χ1n) is 3.10. The minimum Gasteiger partial charge on any atom is -0.361 e. The Morgan fingerprint density at radius 3 is 2.62 bits per heavy atom. The molecule has 8 heavy (non-hydrogen) atoms. The minimum atomic E-state index is -0.0139.